The number of fused-ring (bicyclic) bond motifs is 1. The molecule has 8 nitrogen and oxygen atoms in total. The Balaban J connectivity index is 1.86. The molecule has 0 aliphatic carbocycles. The summed E-state index contributed by atoms with van der Waals surface area (Å²) in [7, 11) is -5.65. The number of nitrogens with zero attached hydrogens (tertiary/aromatic N) is 1. The Morgan fingerprint density at radius 2 is 1.87 bits per heavy atom. The van der Waals surface area contributed by atoms with Crippen molar-refractivity contribution in [3.8, 4) is 0 Å². The number of sulfonamides is 2. The molecule has 0 bridgehead atoms. The highest BCUT2D eigenvalue weighted by Crippen LogP contribution is 2.35. The summed E-state index contributed by atoms with van der Waals surface area (Å²) in [5.41, 5.74) is 2.90. The summed E-state index contributed by atoms with van der Waals surface area (Å²) < 4.78 is 52.6. The number of rotatable bonds is 7. The van der Waals surface area contributed by atoms with E-state index in [9.17, 15) is 21.6 Å². The molecule has 2 N–H and O–H groups in total. The van der Waals surface area contributed by atoms with E-state index in [-0.39, 0.29) is 12.2 Å². The van der Waals surface area contributed by atoms with Gasteiger partial charge in [0.25, 0.3) is 0 Å². The third-order valence-electron chi connectivity index (χ3n) is 5.30. The number of hydrogen-bond acceptors (Lipinski definition) is 5. The summed E-state index contributed by atoms with van der Waals surface area (Å²) in [5.74, 6) is -0.705. The van der Waals surface area contributed by atoms with Crippen LogP contribution in [-0.4, -0.2) is 41.8 Å². The molecule has 1 heterocycles. The fourth-order valence-corrected chi connectivity index (χ4v) is 5.77. The van der Waals surface area contributed by atoms with Crippen molar-refractivity contribution in [3.63, 3.8) is 0 Å². The molecule has 168 valence electrons. The number of hydrogen-bond donors (Lipinski definition) is 2. The molecule has 1 amide bonds. The van der Waals surface area contributed by atoms with E-state index >= 15 is 0 Å². The first-order valence-corrected chi connectivity index (χ1v) is 13.4. The van der Waals surface area contributed by atoms with Crippen molar-refractivity contribution in [1.29, 1.82) is 0 Å². The van der Waals surface area contributed by atoms with Crippen molar-refractivity contribution in [2.45, 2.75) is 31.8 Å². The van der Waals surface area contributed by atoms with E-state index in [4.69, 9.17) is 0 Å². The van der Waals surface area contributed by atoms with Gasteiger partial charge in [-0.2, -0.15) is 0 Å². The molecule has 3 rings (SSSR count). The maximum atomic E-state index is 12.9. The molecule has 0 aromatic heterocycles. The molecule has 1 aliphatic heterocycles. The largest absolute Gasteiger partial charge is 0.348 e. The molecule has 1 aliphatic rings. The number of carbonyl (C=O) groups excluding carboxylic acids is 1. The van der Waals surface area contributed by atoms with Gasteiger partial charge in [0, 0.05) is 13.5 Å². The van der Waals surface area contributed by atoms with Gasteiger partial charge in [-0.1, -0.05) is 49.4 Å². The lowest BCUT2D eigenvalue weighted by molar-refractivity contribution is -0.122. The van der Waals surface area contributed by atoms with Gasteiger partial charge in [-0.05, 0) is 29.2 Å². The summed E-state index contributed by atoms with van der Waals surface area (Å²) >= 11 is 0. The van der Waals surface area contributed by atoms with Crippen molar-refractivity contribution in [2.24, 2.45) is 0 Å². The predicted octanol–water partition coefficient (Wildman–Crippen LogP) is 1.87. The number of nitrogens with one attached hydrogen (secondary N) is 2. The number of anilines is 1. The highest BCUT2D eigenvalue weighted by molar-refractivity contribution is 7.92. The minimum absolute atomic E-state index is 0.161. The molecule has 2 unspecified atom stereocenters. The fourth-order valence-electron chi connectivity index (χ4n) is 3.67. The van der Waals surface area contributed by atoms with Crippen LogP contribution in [-0.2, 0) is 31.3 Å². The van der Waals surface area contributed by atoms with Crippen LogP contribution in [0.15, 0.2) is 48.5 Å². The van der Waals surface area contributed by atoms with Crippen molar-refractivity contribution in [1.82, 2.24) is 10.0 Å². The number of carbonyl (C=O) groups is 1. The second-order valence-electron chi connectivity index (χ2n) is 7.67. The lowest BCUT2D eigenvalue weighted by Gasteiger charge is -2.33. The third kappa shape index (κ3) is 5.63. The van der Waals surface area contributed by atoms with Crippen LogP contribution in [0.2, 0.25) is 0 Å². The summed E-state index contributed by atoms with van der Waals surface area (Å²) in [6.45, 7) is 1.98. The zero-order chi connectivity index (χ0) is 22.8. The van der Waals surface area contributed by atoms with Gasteiger partial charge in [-0.15, -0.1) is 0 Å². The Hall–Kier alpha value is -2.43. The Kier molecular flexibility index (Phi) is 6.73. The van der Waals surface area contributed by atoms with E-state index in [1.807, 2.05) is 25.1 Å². The van der Waals surface area contributed by atoms with Gasteiger partial charge >= 0.3 is 0 Å². The van der Waals surface area contributed by atoms with Gasteiger partial charge in [0.05, 0.1) is 29.8 Å². The molecule has 2 atom stereocenters. The summed E-state index contributed by atoms with van der Waals surface area (Å²) in [6, 6.07) is 12.9. The highest BCUT2D eigenvalue weighted by atomic mass is 32.2. The average Bonchev–Trinajstić information content (AvgIpc) is 2.70. The van der Waals surface area contributed by atoms with Crippen LogP contribution in [0.4, 0.5) is 5.69 Å². The summed E-state index contributed by atoms with van der Waals surface area (Å²) in [4.78, 5) is 12.9. The molecule has 31 heavy (non-hydrogen) atoms. The van der Waals surface area contributed by atoms with Crippen molar-refractivity contribution in [2.75, 3.05) is 23.4 Å². The molecule has 0 saturated heterocycles. The van der Waals surface area contributed by atoms with E-state index < -0.39 is 38.0 Å². The molecule has 2 aromatic carbocycles. The first-order chi connectivity index (χ1) is 14.5. The lowest BCUT2D eigenvalue weighted by Crippen LogP contribution is -2.44. The maximum absolute atomic E-state index is 12.9. The quantitative estimate of drug-likeness (QED) is 0.648. The standard InChI is InChI=1S/C21H27N3O5S2/c1-4-15-10-11-17-19(14-31(28,29)24(2)20(17)12-15)22-21(25)13-18(23-30(3,26)27)16-8-6-5-7-9-16/h5-12,18-19,23H,4,13-14H2,1-3H3,(H,22,25). The number of aryl methyl sites for hydroxylation is 1. The first-order valence-electron chi connectivity index (χ1n) is 9.91. The van der Waals surface area contributed by atoms with Crippen molar-refractivity contribution < 1.29 is 21.6 Å². The molecule has 0 spiro atoms. The highest BCUT2D eigenvalue weighted by Gasteiger charge is 2.35. The number of amides is 1. The zero-order valence-electron chi connectivity index (χ0n) is 17.7. The van der Waals surface area contributed by atoms with Crippen LogP contribution < -0.4 is 14.3 Å². The van der Waals surface area contributed by atoms with E-state index in [1.165, 1.54) is 11.4 Å². The summed E-state index contributed by atoms with van der Waals surface area (Å²) in [6.07, 6.45) is 1.63. The van der Waals surface area contributed by atoms with Crippen LogP contribution in [0.25, 0.3) is 0 Å². The van der Waals surface area contributed by atoms with E-state index in [0.717, 1.165) is 23.8 Å². The monoisotopic (exact) mass is 465 g/mol. The number of benzene rings is 2. The normalized spacial score (nSPS) is 18.8. The molecular weight excluding hydrogens is 438 g/mol. The fraction of sp³-hybridized carbons (Fsp3) is 0.381. The van der Waals surface area contributed by atoms with E-state index in [0.29, 0.717) is 11.3 Å². The van der Waals surface area contributed by atoms with Crippen molar-refractivity contribution >= 4 is 31.6 Å². The summed E-state index contributed by atoms with van der Waals surface area (Å²) in [5, 5.41) is 2.80. The Morgan fingerprint density at radius 3 is 2.48 bits per heavy atom. The van der Waals surface area contributed by atoms with Crippen LogP contribution in [0.3, 0.4) is 0 Å². The molecule has 10 heteroatoms. The lowest BCUT2D eigenvalue weighted by atomic mass is 10.0. The Bertz CT molecular complexity index is 1160. The SMILES string of the molecule is CCc1ccc2c(c1)N(C)S(=O)(=O)CC2NC(=O)CC(NS(C)(=O)=O)c1ccccc1. The Morgan fingerprint density at radius 1 is 1.19 bits per heavy atom. The predicted molar refractivity (Wildman–Crippen MR) is 121 cm³/mol. The maximum Gasteiger partial charge on any atom is 0.237 e. The topological polar surface area (TPSA) is 113 Å². The van der Waals surface area contributed by atoms with Crippen molar-refractivity contribution in [3.05, 3.63) is 65.2 Å². The van der Waals surface area contributed by atoms with Crippen LogP contribution in [0.5, 0.6) is 0 Å². The van der Waals surface area contributed by atoms with Gasteiger partial charge in [-0.3, -0.25) is 9.10 Å². The smallest absolute Gasteiger partial charge is 0.237 e. The molecule has 0 saturated carbocycles. The second-order valence-corrected chi connectivity index (χ2v) is 11.5. The average molecular weight is 466 g/mol. The van der Waals surface area contributed by atoms with Crippen LogP contribution >= 0.6 is 0 Å². The Labute approximate surface area is 183 Å². The molecular formula is C21H27N3O5S2. The van der Waals surface area contributed by atoms with Crippen LogP contribution in [0.1, 0.15) is 42.1 Å². The van der Waals surface area contributed by atoms with E-state index in [1.54, 1.807) is 30.3 Å². The van der Waals surface area contributed by atoms with Gasteiger partial charge in [0.15, 0.2) is 0 Å². The minimum Gasteiger partial charge on any atom is -0.348 e. The zero-order valence-corrected chi connectivity index (χ0v) is 19.3. The minimum atomic E-state index is -3.60. The molecule has 0 fully saturated rings. The van der Waals surface area contributed by atoms with Gasteiger partial charge in [0.2, 0.25) is 26.0 Å². The van der Waals surface area contributed by atoms with E-state index in [2.05, 4.69) is 10.0 Å². The van der Waals surface area contributed by atoms with Gasteiger partial charge in [-0.25, -0.2) is 21.6 Å². The van der Waals surface area contributed by atoms with Gasteiger partial charge in [0.1, 0.15) is 0 Å². The van der Waals surface area contributed by atoms with Crippen LogP contribution in [0, 0.1) is 0 Å². The molecule has 2 aromatic rings. The first kappa shape index (κ1) is 23.2. The van der Waals surface area contributed by atoms with Gasteiger partial charge < -0.3 is 5.32 Å². The third-order valence-corrected chi connectivity index (χ3v) is 7.79. The second kappa shape index (κ2) is 8.97. The molecule has 0 radical (unpaired) electrons.